The molecule has 0 saturated heterocycles. The molecule has 0 aromatic rings. The molecule has 0 amide bonds. The smallest absolute Gasteiger partial charge is 0.312 e. The number of carbonyl (C=O) groups is 1. The van der Waals surface area contributed by atoms with Gasteiger partial charge in [0.15, 0.2) is 0 Å². The molecule has 0 bridgehead atoms. The molecule has 5 aliphatic carbocycles. The van der Waals surface area contributed by atoms with Crippen LogP contribution in [-0.2, 0) is 9.53 Å². The Labute approximate surface area is 211 Å². The highest BCUT2D eigenvalue weighted by Gasteiger charge is 2.71. The van der Waals surface area contributed by atoms with Gasteiger partial charge < -0.3 is 20.1 Å². The predicted molar refractivity (Wildman–Crippen MR) is 135 cm³/mol. The topological polar surface area (TPSA) is 87.0 Å². The second kappa shape index (κ2) is 7.68. The predicted octanol–water partition coefficient (Wildman–Crippen LogP) is 4.79. The van der Waals surface area contributed by atoms with Crippen LogP contribution in [-0.4, -0.2) is 46.2 Å². The lowest BCUT2D eigenvalue weighted by Crippen LogP contribution is -2.68. The number of rotatable bonds is 1. The third-order valence-corrected chi connectivity index (χ3v) is 12.7. The van der Waals surface area contributed by atoms with Crippen LogP contribution in [0.1, 0.15) is 86.0 Å². The van der Waals surface area contributed by atoms with Crippen LogP contribution in [0.15, 0.2) is 23.8 Å². The van der Waals surface area contributed by atoms with Gasteiger partial charge in [-0.25, -0.2) is 0 Å². The molecule has 5 rings (SSSR count). The zero-order chi connectivity index (χ0) is 25.8. The molecular weight excluding hydrogens is 440 g/mol. The fourth-order valence-electron chi connectivity index (χ4n) is 10.4. The SMILES string of the molecule is C=C1[C@@H]2[C@H](O)C[C@]3(C)[C@H](CC=C4[C@H]5[C@](C(=O)OC)(CC[C@@H](C)[C@@]5(C)O)CC[C@]43C)[C@@]2(C)CC[C@@H]1O. The molecule has 5 heteroatoms. The first-order chi connectivity index (χ1) is 16.2. The molecular formula is C30H46O5. The van der Waals surface area contributed by atoms with Crippen LogP contribution in [0.5, 0.6) is 0 Å². The molecule has 0 spiro atoms. The summed E-state index contributed by atoms with van der Waals surface area (Å²) in [5, 5.41) is 34.2. The van der Waals surface area contributed by atoms with E-state index in [1.165, 1.54) is 12.7 Å². The van der Waals surface area contributed by atoms with Crippen molar-refractivity contribution in [3.05, 3.63) is 23.8 Å². The van der Waals surface area contributed by atoms with E-state index in [0.29, 0.717) is 25.2 Å². The molecule has 0 aromatic heterocycles. The van der Waals surface area contributed by atoms with Gasteiger partial charge in [-0.05, 0) is 91.9 Å². The fourth-order valence-corrected chi connectivity index (χ4v) is 10.4. The molecule has 4 saturated carbocycles. The minimum atomic E-state index is -1.01. The molecule has 0 radical (unpaired) electrons. The van der Waals surface area contributed by atoms with Gasteiger partial charge in [0, 0.05) is 11.8 Å². The van der Waals surface area contributed by atoms with E-state index in [9.17, 15) is 20.1 Å². The standard InChI is InChI=1S/C30H46O5/c1-17-10-13-30(25(33)35-7)15-14-27(4)19(24(30)29(17,6)34)8-9-22-26(3)12-11-20(31)18(2)23(26)21(32)16-28(22,27)5/h8,17,20-24,31-32,34H,2,9-16H2,1,3-7H3/t17-,20+,21-,22-,23-,24-,26-,27-,28-,29-,30+/m1/s1. The first-order valence-corrected chi connectivity index (χ1v) is 13.8. The molecule has 0 aromatic carbocycles. The van der Waals surface area contributed by atoms with Gasteiger partial charge >= 0.3 is 5.97 Å². The van der Waals surface area contributed by atoms with E-state index < -0.39 is 23.2 Å². The first kappa shape index (κ1) is 25.5. The highest BCUT2D eigenvalue weighted by atomic mass is 16.5. The number of aliphatic hydroxyl groups excluding tert-OH is 2. The Hall–Kier alpha value is -1.17. The molecule has 0 unspecified atom stereocenters. The van der Waals surface area contributed by atoms with Gasteiger partial charge in [-0.15, -0.1) is 0 Å². The van der Waals surface area contributed by atoms with Gasteiger partial charge in [0.1, 0.15) is 0 Å². The number of allylic oxidation sites excluding steroid dienone is 1. The van der Waals surface area contributed by atoms with E-state index in [4.69, 9.17) is 4.74 Å². The maximum Gasteiger partial charge on any atom is 0.312 e. The molecule has 5 aliphatic rings. The lowest BCUT2D eigenvalue weighted by atomic mass is 9.34. The Balaban J connectivity index is 1.66. The quantitative estimate of drug-likeness (QED) is 0.366. The summed E-state index contributed by atoms with van der Waals surface area (Å²) in [4.78, 5) is 13.4. The normalized spacial score (nSPS) is 55.6. The summed E-state index contributed by atoms with van der Waals surface area (Å²) in [7, 11) is 1.48. The number of hydrogen-bond donors (Lipinski definition) is 3. The van der Waals surface area contributed by atoms with Crippen molar-refractivity contribution in [3.63, 3.8) is 0 Å². The van der Waals surface area contributed by atoms with E-state index >= 15 is 0 Å². The van der Waals surface area contributed by atoms with Crippen LogP contribution in [0.25, 0.3) is 0 Å². The molecule has 0 heterocycles. The zero-order valence-electron chi connectivity index (χ0n) is 22.6. The zero-order valence-corrected chi connectivity index (χ0v) is 22.6. The lowest BCUT2D eigenvalue weighted by molar-refractivity contribution is -0.212. The van der Waals surface area contributed by atoms with Crippen molar-refractivity contribution in [1.82, 2.24) is 0 Å². The van der Waals surface area contributed by atoms with Gasteiger partial charge in [-0.1, -0.05) is 45.9 Å². The fraction of sp³-hybridized carbons (Fsp3) is 0.833. The van der Waals surface area contributed by atoms with Crippen molar-refractivity contribution in [3.8, 4) is 0 Å². The van der Waals surface area contributed by atoms with Crippen molar-refractivity contribution in [2.24, 2.45) is 45.3 Å². The van der Waals surface area contributed by atoms with Crippen LogP contribution in [0.4, 0.5) is 0 Å². The van der Waals surface area contributed by atoms with Crippen LogP contribution in [0.3, 0.4) is 0 Å². The maximum absolute atomic E-state index is 13.4. The summed E-state index contributed by atoms with van der Waals surface area (Å²) in [5.41, 5.74) is -0.269. The minimum Gasteiger partial charge on any atom is -0.469 e. The minimum absolute atomic E-state index is 0.0843. The molecule has 3 N–H and O–H groups in total. The van der Waals surface area contributed by atoms with Gasteiger partial charge in [0.05, 0.1) is 30.3 Å². The lowest BCUT2D eigenvalue weighted by Gasteiger charge is -2.71. The molecule has 4 fully saturated rings. The average Bonchev–Trinajstić information content (AvgIpc) is 2.79. The highest BCUT2D eigenvalue weighted by molar-refractivity contribution is 5.79. The number of carbonyl (C=O) groups excluding carboxylic acids is 1. The number of ether oxygens (including phenoxy) is 1. The van der Waals surface area contributed by atoms with E-state index in [-0.39, 0.29) is 40.0 Å². The van der Waals surface area contributed by atoms with Crippen molar-refractivity contribution < 1.29 is 24.9 Å². The van der Waals surface area contributed by atoms with E-state index in [1.807, 2.05) is 6.92 Å². The Kier molecular flexibility index (Phi) is 5.59. The number of methoxy groups -OCH3 is 1. The second-order valence-corrected chi connectivity index (χ2v) is 13.8. The summed E-state index contributed by atoms with van der Waals surface area (Å²) in [6.07, 6.45) is 7.45. The van der Waals surface area contributed by atoms with Gasteiger partial charge in [-0.2, -0.15) is 0 Å². The Bertz CT molecular complexity index is 968. The van der Waals surface area contributed by atoms with Crippen molar-refractivity contribution in [2.75, 3.05) is 7.11 Å². The largest absolute Gasteiger partial charge is 0.469 e. The summed E-state index contributed by atoms with van der Waals surface area (Å²) >= 11 is 0. The van der Waals surface area contributed by atoms with Crippen molar-refractivity contribution >= 4 is 5.97 Å². The second-order valence-electron chi connectivity index (χ2n) is 13.8. The molecule has 11 atom stereocenters. The summed E-state index contributed by atoms with van der Waals surface area (Å²) in [5.74, 6) is -0.149. The van der Waals surface area contributed by atoms with E-state index in [1.54, 1.807) is 0 Å². The maximum atomic E-state index is 13.4. The van der Waals surface area contributed by atoms with Crippen LogP contribution >= 0.6 is 0 Å². The Morgan fingerprint density at radius 3 is 2.43 bits per heavy atom. The molecule has 35 heavy (non-hydrogen) atoms. The molecule has 0 aliphatic heterocycles. The Morgan fingerprint density at radius 2 is 1.77 bits per heavy atom. The number of esters is 1. The summed E-state index contributed by atoms with van der Waals surface area (Å²) in [6.45, 7) is 15.3. The highest BCUT2D eigenvalue weighted by Crippen LogP contribution is 2.75. The number of hydrogen-bond acceptors (Lipinski definition) is 5. The monoisotopic (exact) mass is 486 g/mol. The molecule has 196 valence electrons. The summed E-state index contributed by atoms with van der Waals surface area (Å²) < 4.78 is 5.40. The first-order valence-electron chi connectivity index (χ1n) is 13.8. The third kappa shape index (κ3) is 2.95. The van der Waals surface area contributed by atoms with E-state index in [2.05, 4.69) is 40.3 Å². The van der Waals surface area contributed by atoms with E-state index in [0.717, 1.165) is 37.7 Å². The molecule has 5 nitrogen and oxygen atoms in total. The summed E-state index contributed by atoms with van der Waals surface area (Å²) in [6, 6.07) is 0. The van der Waals surface area contributed by atoms with Gasteiger partial charge in [0.2, 0.25) is 0 Å². The van der Waals surface area contributed by atoms with Gasteiger partial charge in [0.25, 0.3) is 0 Å². The average molecular weight is 487 g/mol. The Morgan fingerprint density at radius 1 is 1.09 bits per heavy atom. The van der Waals surface area contributed by atoms with Crippen molar-refractivity contribution in [1.29, 1.82) is 0 Å². The third-order valence-electron chi connectivity index (χ3n) is 12.7. The van der Waals surface area contributed by atoms with Gasteiger partial charge in [-0.3, -0.25) is 4.79 Å². The number of fused-ring (bicyclic) bond motifs is 7. The van der Waals surface area contributed by atoms with Crippen LogP contribution < -0.4 is 0 Å². The van der Waals surface area contributed by atoms with Crippen LogP contribution in [0.2, 0.25) is 0 Å². The van der Waals surface area contributed by atoms with Crippen molar-refractivity contribution in [2.45, 2.75) is 104 Å². The number of aliphatic hydroxyl groups is 3. The van der Waals surface area contributed by atoms with Crippen LogP contribution in [0, 0.1) is 45.3 Å².